The van der Waals surface area contributed by atoms with E-state index in [1.165, 1.54) is 17.4 Å². The molecule has 6 heteroatoms. The molecule has 2 aliphatic rings. The highest BCUT2D eigenvalue weighted by Gasteiger charge is 2.34. The molecule has 4 rings (SSSR count). The quantitative estimate of drug-likeness (QED) is 0.420. The third-order valence-corrected chi connectivity index (χ3v) is 5.20. The second kappa shape index (κ2) is 8.88. The SMILES string of the molecule is O=C(CO/N=C\c1cccc(Cl)c1)N/N=C\C1=C(c2ccccc2)[C@H]2C=C[C@H]1C2. The van der Waals surface area contributed by atoms with Gasteiger partial charge in [0.05, 0.1) is 12.4 Å². The molecule has 0 heterocycles. The molecule has 0 saturated carbocycles. The predicted octanol–water partition coefficient (Wildman–Crippen LogP) is 4.45. The summed E-state index contributed by atoms with van der Waals surface area (Å²) in [5.41, 5.74) is 6.94. The molecular weight excluding hydrogens is 386 g/mol. The minimum absolute atomic E-state index is 0.217. The van der Waals surface area contributed by atoms with Gasteiger partial charge in [-0.2, -0.15) is 5.10 Å². The number of hydrazone groups is 1. The normalized spacial score (nSPS) is 20.2. The van der Waals surface area contributed by atoms with Crippen molar-refractivity contribution in [2.24, 2.45) is 22.1 Å². The number of allylic oxidation sites excluding steroid dienone is 4. The fraction of sp³-hybridized carbons (Fsp3) is 0.174. The van der Waals surface area contributed by atoms with Gasteiger partial charge in [-0.1, -0.05) is 71.4 Å². The highest BCUT2D eigenvalue weighted by atomic mass is 35.5. The number of carbonyl (C=O) groups excluding carboxylic acids is 1. The van der Waals surface area contributed by atoms with Gasteiger partial charge in [-0.3, -0.25) is 4.79 Å². The van der Waals surface area contributed by atoms with Gasteiger partial charge in [-0.25, -0.2) is 5.43 Å². The molecular formula is C23H20ClN3O2. The molecule has 5 nitrogen and oxygen atoms in total. The summed E-state index contributed by atoms with van der Waals surface area (Å²) in [4.78, 5) is 16.9. The third kappa shape index (κ3) is 4.63. The second-order valence-corrected chi connectivity index (χ2v) is 7.36. The van der Waals surface area contributed by atoms with Crippen LogP contribution >= 0.6 is 11.6 Å². The minimum atomic E-state index is -0.370. The number of fused-ring (bicyclic) bond motifs is 2. The van der Waals surface area contributed by atoms with Gasteiger partial charge in [-0.05, 0) is 40.8 Å². The Hall–Kier alpha value is -3.18. The van der Waals surface area contributed by atoms with E-state index in [-0.39, 0.29) is 12.5 Å². The van der Waals surface area contributed by atoms with E-state index in [1.807, 2.05) is 30.3 Å². The Morgan fingerprint density at radius 2 is 1.93 bits per heavy atom. The van der Waals surface area contributed by atoms with Crippen molar-refractivity contribution >= 4 is 35.5 Å². The van der Waals surface area contributed by atoms with Crippen LogP contribution in [0.2, 0.25) is 5.02 Å². The van der Waals surface area contributed by atoms with Crippen molar-refractivity contribution < 1.29 is 9.63 Å². The summed E-state index contributed by atoms with van der Waals surface area (Å²) in [7, 11) is 0. The molecule has 0 aromatic heterocycles. The number of halogens is 1. The summed E-state index contributed by atoms with van der Waals surface area (Å²) in [6, 6.07) is 17.5. The Kier molecular flexibility index (Phi) is 5.86. The van der Waals surface area contributed by atoms with E-state index < -0.39 is 0 Å². The Balaban J connectivity index is 1.32. The van der Waals surface area contributed by atoms with E-state index in [0.717, 1.165) is 17.6 Å². The summed E-state index contributed by atoms with van der Waals surface area (Å²) in [6.45, 7) is -0.217. The maximum atomic E-state index is 11.9. The molecule has 0 aliphatic heterocycles. The average Bonchev–Trinajstić information content (AvgIpc) is 3.34. The van der Waals surface area contributed by atoms with Crippen LogP contribution < -0.4 is 5.43 Å². The van der Waals surface area contributed by atoms with E-state index in [9.17, 15) is 4.79 Å². The van der Waals surface area contributed by atoms with E-state index in [0.29, 0.717) is 16.9 Å². The highest BCUT2D eigenvalue weighted by molar-refractivity contribution is 6.30. The number of rotatable bonds is 7. The highest BCUT2D eigenvalue weighted by Crippen LogP contribution is 2.47. The Morgan fingerprint density at radius 1 is 1.10 bits per heavy atom. The molecule has 1 amide bonds. The first kappa shape index (κ1) is 19.2. The lowest BCUT2D eigenvalue weighted by Gasteiger charge is -2.13. The summed E-state index contributed by atoms with van der Waals surface area (Å²) in [6.07, 6.45) is 8.80. The molecule has 0 spiro atoms. The van der Waals surface area contributed by atoms with Crippen molar-refractivity contribution in [2.45, 2.75) is 6.42 Å². The zero-order valence-electron chi connectivity index (χ0n) is 15.7. The monoisotopic (exact) mass is 405 g/mol. The first-order valence-electron chi connectivity index (χ1n) is 9.41. The van der Waals surface area contributed by atoms with E-state index in [2.05, 4.69) is 40.0 Å². The van der Waals surface area contributed by atoms with Crippen molar-refractivity contribution in [3.63, 3.8) is 0 Å². The Labute approximate surface area is 174 Å². The molecule has 2 atom stereocenters. The van der Waals surface area contributed by atoms with Crippen molar-refractivity contribution in [1.82, 2.24) is 5.43 Å². The van der Waals surface area contributed by atoms with Gasteiger partial charge in [0.2, 0.25) is 0 Å². The lowest BCUT2D eigenvalue weighted by molar-refractivity contribution is -0.125. The average molecular weight is 406 g/mol. The second-order valence-electron chi connectivity index (χ2n) is 6.92. The number of benzene rings is 2. The summed E-state index contributed by atoms with van der Waals surface area (Å²) in [5, 5.41) is 8.52. The van der Waals surface area contributed by atoms with Gasteiger partial charge in [0.1, 0.15) is 0 Å². The Morgan fingerprint density at radius 3 is 2.76 bits per heavy atom. The van der Waals surface area contributed by atoms with Crippen molar-refractivity contribution in [1.29, 1.82) is 0 Å². The summed E-state index contributed by atoms with van der Waals surface area (Å²) >= 11 is 5.90. The predicted molar refractivity (Wildman–Crippen MR) is 116 cm³/mol. The van der Waals surface area contributed by atoms with Crippen LogP contribution in [0.5, 0.6) is 0 Å². The largest absolute Gasteiger partial charge is 0.386 e. The molecule has 2 aliphatic carbocycles. The zero-order chi connectivity index (χ0) is 20.1. The van der Waals surface area contributed by atoms with Gasteiger partial charge >= 0.3 is 0 Å². The summed E-state index contributed by atoms with van der Waals surface area (Å²) in [5.74, 6) is 0.406. The van der Waals surface area contributed by atoms with E-state index in [4.69, 9.17) is 16.4 Å². The van der Waals surface area contributed by atoms with Crippen molar-refractivity contribution in [3.8, 4) is 0 Å². The van der Waals surface area contributed by atoms with Crippen LogP contribution in [-0.2, 0) is 9.63 Å². The number of oxime groups is 1. The van der Waals surface area contributed by atoms with Crippen LogP contribution in [0.4, 0.5) is 0 Å². The standard InChI is InChI=1S/C23H20ClN3O2/c24-20-8-4-5-16(11-20)13-26-29-15-22(28)27-25-14-21-18-9-10-19(12-18)23(21)17-6-2-1-3-7-17/h1-11,13-14,18-19H,12,15H2,(H,27,28)/b25-14-,26-13-/t18-,19-/m0/s1. The van der Waals surface area contributed by atoms with Crippen molar-refractivity contribution in [3.05, 3.63) is 88.5 Å². The maximum Gasteiger partial charge on any atom is 0.280 e. The molecule has 0 fully saturated rings. The molecule has 2 aromatic rings. The zero-order valence-corrected chi connectivity index (χ0v) is 16.4. The summed E-state index contributed by atoms with van der Waals surface area (Å²) < 4.78 is 0. The van der Waals surface area contributed by atoms with Crippen LogP contribution in [0.1, 0.15) is 17.5 Å². The molecule has 0 saturated heterocycles. The van der Waals surface area contributed by atoms with Crippen molar-refractivity contribution in [2.75, 3.05) is 6.61 Å². The van der Waals surface area contributed by atoms with Crippen LogP contribution in [0.15, 0.2) is 82.6 Å². The molecule has 1 N–H and O–H groups in total. The first-order valence-corrected chi connectivity index (χ1v) is 9.79. The first-order chi connectivity index (χ1) is 14.2. The molecule has 29 heavy (non-hydrogen) atoms. The number of nitrogens with one attached hydrogen (secondary N) is 1. The van der Waals surface area contributed by atoms with Crippen LogP contribution in [0.3, 0.4) is 0 Å². The molecule has 2 aromatic carbocycles. The fourth-order valence-electron chi connectivity index (χ4n) is 3.71. The van der Waals surface area contributed by atoms with Gasteiger partial charge in [-0.15, -0.1) is 0 Å². The molecule has 2 bridgehead atoms. The van der Waals surface area contributed by atoms with Crippen LogP contribution in [0, 0.1) is 11.8 Å². The van der Waals surface area contributed by atoms with Gasteiger partial charge < -0.3 is 4.84 Å². The number of nitrogens with zero attached hydrogens (tertiary/aromatic N) is 2. The van der Waals surface area contributed by atoms with Crippen LogP contribution in [0.25, 0.3) is 5.57 Å². The maximum absolute atomic E-state index is 11.9. The number of hydrogen-bond acceptors (Lipinski definition) is 4. The minimum Gasteiger partial charge on any atom is -0.386 e. The lowest BCUT2D eigenvalue weighted by Crippen LogP contribution is -2.22. The topological polar surface area (TPSA) is 63.0 Å². The van der Waals surface area contributed by atoms with E-state index >= 15 is 0 Å². The van der Waals surface area contributed by atoms with Crippen LogP contribution in [-0.4, -0.2) is 24.9 Å². The molecule has 146 valence electrons. The van der Waals surface area contributed by atoms with Gasteiger partial charge in [0, 0.05) is 16.9 Å². The third-order valence-electron chi connectivity index (χ3n) is 4.96. The van der Waals surface area contributed by atoms with Gasteiger partial charge in [0.25, 0.3) is 5.91 Å². The molecule has 0 radical (unpaired) electrons. The lowest BCUT2D eigenvalue weighted by atomic mass is 9.92. The Bertz CT molecular complexity index is 1010. The number of amides is 1. The smallest absolute Gasteiger partial charge is 0.280 e. The fourth-order valence-corrected chi connectivity index (χ4v) is 3.91. The van der Waals surface area contributed by atoms with Gasteiger partial charge in [0.15, 0.2) is 6.61 Å². The number of carbonyl (C=O) groups is 1. The number of hydrogen-bond donors (Lipinski definition) is 1. The molecule has 0 unspecified atom stereocenters. The van der Waals surface area contributed by atoms with E-state index in [1.54, 1.807) is 18.3 Å².